The lowest BCUT2D eigenvalue weighted by molar-refractivity contribution is -0.128. The van der Waals surface area contributed by atoms with Gasteiger partial charge >= 0.3 is 0 Å². The van der Waals surface area contributed by atoms with E-state index in [4.69, 9.17) is 14.5 Å². The Hall–Kier alpha value is -2.28. The molecule has 1 aromatic carbocycles. The molecule has 2 fully saturated rings. The summed E-state index contributed by atoms with van der Waals surface area (Å²) in [5, 5.41) is 6.85. The molecule has 2 atom stereocenters. The van der Waals surface area contributed by atoms with Gasteiger partial charge in [-0.05, 0) is 43.9 Å². The van der Waals surface area contributed by atoms with E-state index >= 15 is 0 Å². The number of hydrogen-bond acceptors (Lipinski definition) is 4. The summed E-state index contributed by atoms with van der Waals surface area (Å²) >= 11 is 0. The molecule has 7 heteroatoms. The lowest BCUT2D eigenvalue weighted by Gasteiger charge is -2.54. The molecule has 2 N–H and O–H groups in total. The van der Waals surface area contributed by atoms with Crippen molar-refractivity contribution in [2.24, 2.45) is 10.4 Å². The number of benzene rings is 1. The number of methoxy groups -OCH3 is 1. The number of ether oxygens (including phenoxy) is 2. The van der Waals surface area contributed by atoms with Crippen molar-refractivity contribution in [2.75, 3.05) is 34.4 Å². The van der Waals surface area contributed by atoms with Gasteiger partial charge in [0.15, 0.2) is 5.96 Å². The average molecular weight is 417 g/mol. The normalized spacial score (nSPS) is 22.5. The number of aliphatic imine (C=N–C) groups is 1. The minimum Gasteiger partial charge on any atom is -0.497 e. The molecule has 2 aliphatic rings. The van der Waals surface area contributed by atoms with Crippen LogP contribution in [0, 0.1) is 5.41 Å². The zero-order valence-electron chi connectivity index (χ0n) is 18.7. The molecule has 2 unspecified atom stereocenters. The monoisotopic (exact) mass is 416 g/mol. The highest BCUT2D eigenvalue weighted by Crippen LogP contribution is 2.54. The van der Waals surface area contributed by atoms with Gasteiger partial charge in [-0.3, -0.25) is 4.79 Å². The van der Waals surface area contributed by atoms with E-state index in [1.165, 1.54) is 25.7 Å². The number of amides is 1. The highest BCUT2D eigenvalue weighted by molar-refractivity contribution is 5.86. The molecule has 0 radical (unpaired) electrons. The minimum atomic E-state index is 0.0188. The van der Waals surface area contributed by atoms with E-state index in [2.05, 4.69) is 17.6 Å². The summed E-state index contributed by atoms with van der Waals surface area (Å²) in [5.74, 6) is 1.54. The second-order valence-corrected chi connectivity index (χ2v) is 8.47. The Morgan fingerprint density at radius 2 is 1.93 bits per heavy atom. The number of likely N-dealkylation sites (N-methyl/N-ethyl adjacent to an activating group) is 1. The average Bonchev–Trinajstić information content (AvgIpc) is 3.27. The van der Waals surface area contributed by atoms with Crippen molar-refractivity contribution in [3.05, 3.63) is 29.8 Å². The van der Waals surface area contributed by atoms with E-state index < -0.39 is 0 Å². The Labute approximate surface area is 180 Å². The van der Waals surface area contributed by atoms with E-state index in [-0.39, 0.29) is 17.9 Å². The number of carbonyl (C=O) groups excluding carboxylic acids is 1. The third-order valence-electron chi connectivity index (χ3n) is 6.48. The van der Waals surface area contributed by atoms with Crippen LogP contribution in [0.5, 0.6) is 5.75 Å². The lowest BCUT2D eigenvalue weighted by atomic mass is 9.60. The first-order valence-corrected chi connectivity index (χ1v) is 11.0. The molecule has 2 aliphatic carbocycles. The van der Waals surface area contributed by atoms with Crippen molar-refractivity contribution < 1.29 is 14.3 Å². The van der Waals surface area contributed by atoms with Gasteiger partial charge in [0.2, 0.25) is 5.91 Å². The number of nitrogens with zero attached hydrogens (tertiary/aromatic N) is 2. The molecular weight excluding hydrogens is 380 g/mol. The van der Waals surface area contributed by atoms with Gasteiger partial charge in [0.25, 0.3) is 0 Å². The highest BCUT2D eigenvalue weighted by Gasteiger charge is 2.56. The van der Waals surface area contributed by atoms with Gasteiger partial charge in [0.05, 0.1) is 26.3 Å². The highest BCUT2D eigenvalue weighted by atomic mass is 16.5. The standard InChI is InChI=1S/C23H36N4O3/c1-5-30-20-14-19(23(20)12-6-7-13-23)26-22(25-16-21(28)27(2)3)24-15-17-8-10-18(29-4)11-9-17/h8-11,19-20H,5-7,12-16H2,1-4H3,(H2,24,25,26). The molecule has 7 nitrogen and oxygen atoms in total. The number of nitrogens with one attached hydrogen (secondary N) is 2. The Morgan fingerprint density at radius 3 is 2.53 bits per heavy atom. The van der Waals surface area contributed by atoms with Gasteiger partial charge in [-0.2, -0.15) is 0 Å². The second kappa shape index (κ2) is 10.2. The third kappa shape index (κ3) is 5.06. The van der Waals surface area contributed by atoms with E-state index in [0.29, 0.717) is 24.7 Å². The largest absolute Gasteiger partial charge is 0.497 e. The zero-order chi connectivity index (χ0) is 21.6. The molecule has 0 heterocycles. The van der Waals surface area contributed by atoms with Gasteiger partial charge in [-0.15, -0.1) is 0 Å². The van der Waals surface area contributed by atoms with Crippen molar-refractivity contribution in [3.63, 3.8) is 0 Å². The van der Waals surface area contributed by atoms with Crippen molar-refractivity contribution >= 4 is 11.9 Å². The molecule has 30 heavy (non-hydrogen) atoms. The lowest BCUT2D eigenvalue weighted by Crippen LogP contribution is -2.65. The molecule has 2 saturated carbocycles. The van der Waals surface area contributed by atoms with Crippen molar-refractivity contribution in [3.8, 4) is 5.75 Å². The van der Waals surface area contributed by atoms with Crippen LogP contribution in [0.4, 0.5) is 0 Å². The van der Waals surface area contributed by atoms with E-state index in [0.717, 1.165) is 24.3 Å². The summed E-state index contributed by atoms with van der Waals surface area (Å²) in [4.78, 5) is 18.4. The van der Waals surface area contributed by atoms with E-state index in [1.807, 2.05) is 24.3 Å². The second-order valence-electron chi connectivity index (χ2n) is 8.47. The molecule has 0 aromatic heterocycles. The Kier molecular flexibility index (Phi) is 7.58. The fourth-order valence-electron chi connectivity index (χ4n) is 4.63. The Bertz CT molecular complexity index is 726. The van der Waals surface area contributed by atoms with Gasteiger partial charge in [0.1, 0.15) is 5.75 Å². The number of hydrogen-bond donors (Lipinski definition) is 2. The van der Waals surface area contributed by atoms with Crippen molar-refractivity contribution in [1.82, 2.24) is 15.5 Å². The summed E-state index contributed by atoms with van der Waals surface area (Å²) in [6.07, 6.45) is 6.21. The van der Waals surface area contributed by atoms with E-state index in [9.17, 15) is 4.79 Å². The summed E-state index contributed by atoms with van der Waals surface area (Å²) in [5.41, 5.74) is 1.29. The maximum Gasteiger partial charge on any atom is 0.241 e. The Morgan fingerprint density at radius 1 is 1.23 bits per heavy atom. The quantitative estimate of drug-likeness (QED) is 0.503. The molecule has 1 amide bonds. The molecule has 0 bridgehead atoms. The van der Waals surface area contributed by atoms with Gasteiger partial charge in [0, 0.05) is 32.2 Å². The topological polar surface area (TPSA) is 75.2 Å². The molecular formula is C23H36N4O3. The molecule has 3 rings (SSSR count). The van der Waals surface area contributed by atoms with Gasteiger partial charge in [-0.25, -0.2) is 4.99 Å². The van der Waals surface area contributed by atoms with Crippen LogP contribution in [0.3, 0.4) is 0 Å². The maximum atomic E-state index is 12.1. The minimum absolute atomic E-state index is 0.0188. The smallest absolute Gasteiger partial charge is 0.241 e. The van der Waals surface area contributed by atoms with Gasteiger partial charge < -0.3 is 25.0 Å². The van der Waals surface area contributed by atoms with Crippen LogP contribution in [-0.2, 0) is 16.1 Å². The molecule has 0 aliphatic heterocycles. The summed E-state index contributed by atoms with van der Waals surface area (Å²) < 4.78 is 11.3. The first-order valence-electron chi connectivity index (χ1n) is 11.0. The van der Waals surface area contributed by atoms with Crippen molar-refractivity contribution in [1.29, 1.82) is 0 Å². The number of carbonyl (C=O) groups is 1. The first-order chi connectivity index (χ1) is 14.5. The van der Waals surface area contributed by atoms with Crippen LogP contribution in [0.1, 0.15) is 44.6 Å². The molecule has 166 valence electrons. The van der Waals surface area contributed by atoms with Crippen LogP contribution < -0.4 is 15.4 Å². The first kappa shape index (κ1) is 22.4. The summed E-state index contributed by atoms with van der Waals surface area (Å²) in [6, 6.07) is 8.23. The van der Waals surface area contributed by atoms with Crippen molar-refractivity contribution in [2.45, 2.75) is 57.7 Å². The number of guanidine groups is 1. The SMILES string of the molecule is CCOC1CC(NC(=NCc2ccc(OC)cc2)NCC(=O)N(C)C)C12CCCC2. The number of rotatable bonds is 8. The fraction of sp³-hybridized carbons (Fsp3) is 0.652. The third-order valence-corrected chi connectivity index (χ3v) is 6.48. The van der Waals surface area contributed by atoms with Crippen LogP contribution in [0.2, 0.25) is 0 Å². The van der Waals surface area contributed by atoms with Crippen LogP contribution >= 0.6 is 0 Å². The molecule has 1 spiro atoms. The summed E-state index contributed by atoms with van der Waals surface area (Å²) in [7, 11) is 5.18. The van der Waals surface area contributed by atoms with E-state index in [1.54, 1.807) is 26.1 Å². The van der Waals surface area contributed by atoms with Crippen LogP contribution in [0.15, 0.2) is 29.3 Å². The van der Waals surface area contributed by atoms with Crippen LogP contribution in [0.25, 0.3) is 0 Å². The maximum absolute atomic E-state index is 12.1. The fourth-order valence-corrected chi connectivity index (χ4v) is 4.63. The summed E-state index contributed by atoms with van der Waals surface area (Å²) in [6.45, 7) is 3.58. The van der Waals surface area contributed by atoms with Crippen LogP contribution in [-0.4, -0.2) is 63.3 Å². The predicted molar refractivity (Wildman–Crippen MR) is 119 cm³/mol. The zero-order valence-corrected chi connectivity index (χ0v) is 18.7. The Balaban J connectivity index is 1.69. The van der Waals surface area contributed by atoms with Gasteiger partial charge in [-0.1, -0.05) is 25.0 Å². The molecule has 0 saturated heterocycles. The predicted octanol–water partition coefficient (Wildman–Crippen LogP) is 2.56. The molecule has 1 aromatic rings.